The highest BCUT2D eigenvalue weighted by atomic mass is 16.5. The zero-order chi connectivity index (χ0) is 22.7. The van der Waals surface area contributed by atoms with Gasteiger partial charge in [0.2, 0.25) is 0 Å². The first-order chi connectivity index (χ1) is 15.4. The van der Waals surface area contributed by atoms with Crippen LogP contribution in [0.3, 0.4) is 0 Å². The summed E-state index contributed by atoms with van der Waals surface area (Å²) in [6.45, 7) is 0.276. The van der Waals surface area contributed by atoms with Crippen LogP contribution in [-0.4, -0.2) is 42.0 Å². The van der Waals surface area contributed by atoms with E-state index in [4.69, 9.17) is 4.74 Å². The molecule has 0 fully saturated rings. The number of methoxy groups -OCH3 is 1. The van der Waals surface area contributed by atoms with Crippen molar-refractivity contribution in [3.05, 3.63) is 89.7 Å². The smallest absolute Gasteiger partial charge is 0.440 e. The normalized spacial score (nSPS) is 17.6. The van der Waals surface area contributed by atoms with E-state index < -0.39 is 22.5 Å². The van der Waals surface area contributed by atoms with Gasteiger partial charge in [-0.1, -0.05) is 24.3 Å². The maximum Gasteiger partial charge on any atom is 0.440 e. The molecule has 8 heteroatoms. The Kier molecular flexibility index (Phi) is 5.70. The van der Waals surface area contributed by atoms with E-state index >= 15 is 0 Å². The zero-order valence-electron chi connectivity index (χ0n) is 17.8. The number of nitrogens with zero attached hydrogens (tertiary/aromatic N) is 3. The van der Waals surface area contributed by atoms with Crippen molar-refractivity contribution in [2.75, 3.05) is 14.2 Å². The van der Waals surface area contributed by atoms with Gasteiger partial charge in [-0.25, -0.2) is 14.5 Å². The van der Waals surface area contributed by atoms with Crippen molar-refractivity contribution in [2.45, 2.75) is 13.1 Å². The number of ether oxygens (including phenoxy) is 1. The van der Waals surface area contributed by atoms with Crippen LogP contribution in [0.2, 0.25) is 0 Å². The lowest BCUT2D eigenvalue weighted by molar-refractivity contribution is 0.0743. The number of fused-ring (bicyclic) bond motifs is 1. The van der Waals surface area contributed by atoms with Crippen LogP contribution in [0.1, 0.15) is 21.5 Å². The highest BCUT2D eigenvalue weighted by molar-refractivity contribution is 6.21. The van der Waals surface area contributed by atoms with Gasteiger partial charge in [0.1, 0.15) is 11.3 Å². The number of benzene rings is 2. The lowest BCUT2D eigenvalue weighted by atomic mass is 10.1. The number of imide groups is 2. The Balaban J connectivity index is 1.64. The van der Waals surface area contributed by atoms with E-state index in [9.17, 15) is 14.4 Å². The van der Waals surface area contributed by atoms with Gasteiger partial charge in [-0.3, -0.25) is 9.78 Å². The average Bonchev–Trinajstić information content (AvgIpc) is 2.84. The second kappa shape index (κ2) is 8.60. The van der Waals surface area contributed by atoms with Gasteiger partial charge in [-0.15, -0.1) is 4.48 Å². The molecule has 162 valence electrons. The molecule has 0 spiro atoms. The predicted octanol–water partition coefficient (Wildman–Crippen LogP) is 3.71. The number of hydrogen-bond acceptors (Lipinski definition) is 5. The Hall–Kier alpha value is -4.04. The largest absolute Gasteiger partial charge is 0.497 e. The maximum absolute atomic E-state index is 13.5. The quantitative estimate of drug-likeness (QED) is 0.622. The van der Waals surface area contributed by atoms with Crippen LogP contribution in [0.15, 0.2) is 73.1 Å². The standard InChI is InChI=1S/C24H22N4O4/c1-28(23(30)26-15-17-7-9-19(32-2)10-8-17)21-6-4-3-5-20(21)22(29)27(24(28)31)16-18-11-13-25-14-12-18/h3-14H,15-16H2,1-2H3/p+1. The molecule has 8 nitrogen and oxygen atoms in total. The number of quaternary nitrogens is 1. The molecule has 1 aromatic heterocycles. The number of rotatable bonds is 5. The summed E-state index contributed by atoms with van der Waals surface area (Å²) in [4.78, 5) is 45.1. The Morgan fingerprint density at radius 2 is 1.69 bits per heavy atom. The molecule has 0 bridgehead atoms. The summed E-state index contributed by atoms with van der Waals surface area (Å²) in [6, 6.07) is 16.3. The molecule has 0 saturated carbocycles. The van der Waals surface area contributed by atoms with E-state index in [0.717, 1.165) is 16.0 Å². The Bertz CT molecular complexity index is 1160. The molecule has 5 amide bonds. The van der Waals surface area contributed by atoms with Crippen molar-refractivity contribution < 1.29 is 19.1 Å². The molecule has 0 saturated heterocycles. The fourth-order valence-corrected chi connectivity index (χ4v) is 3.71. The molecule has 1 unspecified atom stereocenters. The molecule has 1 atom stereocenters. The fraction of sp³-hybridized carbons (Fsp3) is 0.167. The number of para-hydroxylation sites is 1. The number of carbonyl (C=O) groups is 3. The minimum atomic E-state index is -0.691. The third-order valence-electron chi connectivity index (χ3n) is 5.57. The van der Waals surface area contributed by atoms with E-state index in [0.29, 0.717) is 17.0 Å². The Morgan fingerprint density at radius 3 is 2.38 bits per heavy atom. The lowest BCUT2D eigenvalue weighted by Crippen LogP contribution is -2.67. The van der Waals surface area contributed by atoms with Gasteiger partial charge in [-0.05, 0) is 41.5 Å². The first kappa shape index (κ1) is 21.2. The minimum absolute atomic E-state index is 0.0497. The SMILES string of the molecule is COc1ccc(CNC(=O)[N+]2(C)C(=O)N(Cc3ccncc3)C(=O)c3ccccc32)cc1. The minimum Gasteiger partial charge on any atom is -0.497 e. The molecule has 1 aliphatic heterocycles. The number of amides is 5. The summed E-state index contributed by atoms with van der Waals surface area (Å²) in [5.41, 5.74) is 2.27. The lowest BCUT2D eigenvalue weighted by Gasteiger charge is -2.37. The number of pyridine rings is 1. The molecule has 0 radical (unpaired) electrons. The van der Waals surface area contributed by atoms with Crippen molar-refractivity contribution >= 4 is 23.7 Å². The number of hydrogen-bond donors (Lipinski definition) is 1. The number of carbonyl (C=O) groups excluding carboxylic acids is 3. The van der Waals surface area contributed by atoms with E-state index in [2.05, 4.69) is 10.3 Å². The summed E-state index contributed by atoms with van der Waals surface area (Å²) in [5.74, 6) is 0.283. The molecule has 2 aromatic carbocycles. The van der Waals surface area contributed by atoms with Crippen LogP contribution < -0.4 is 14.5 Å². The van der Waals surface area contributed by atoms with Gasteiger partial charge >= 0.3 is 12.1 Å². The van der Waals surface area contributed by atoms with Crippen molar-refractivity contribution in [3.63, 3.8) is 0 Å². The third kappa shape index (κ3) is 3.72. The Labute approximate surface area is 185 Å². The van der Waals surface area contributed by atoms with Gasteiger partial charge in [0.05, 0.1) is 20.7 Å². The van der Waals surface area contributed by atoms with E-state index in [1.54, 1.807) is 68.0 Å². The molecule has 1 aliphatic rings. The Morgan fingerprint density at radius 1 is 1.00 bits per heavy atom. The highest BCUT2D eigenvalue weighted by Gasteiger charge is 2.54. The zero-order valence-corrected chi connectivity index (χ0v) is 17.8. The van der Waals surface area contributed by atoms with Crippen LogP contribution in [-0.2, 0) is 13.1 Å². The first-order valence-electron chi connectivity index (χ1n) is 10.1. The fourth-order valence-electron chi connectivity index (χ4n) is 3.71. The van der Waals surface area contributed by atoms with Crippen molar-refractivity contribution in [1.29, 1.82) is 0 Å². The van der Waals surface area contributed by atoms with Crippen molar-refractivity contribution in [1.82, 2.24) is 19.7 Å². The molecule has 0 aliphatic carbocycles. The number of nitrogens with one attached hydrogen (secondary N) is 1. The third-order valence-corrected chi connectivity index (χ3v) is 5.57. The summed E-state index contributed by atoms with van der Waals surface area (Å²) in [6.07, 6.45) is 3.19. The maximum atomic E-state index is 13.5. The number of urea groups is 2. The summed E-state index contributed by atoms with van der Waals surface area (Å²) < 4.78 is 4.46. The van der Waals surface area contributed by atoms with Crippen LogP contribution >= 0.6 is 0 Å². The highest BCUT2D eigenvalue weighted by Crippen LogP contribution is 2.34. The molecule has 3 aromatic rings. The molecule has 4 rings (SSSR count). The van der Waals surface area contributed by atoms with E-state index in [-0.39, 0.29) is 13.1 Å². The van der Waals surface area contributed by atoms with Crippen molar-refractivity contribution in [2.24, 2.45) is 0 Å². The molecule has 1 N–H and O–H groups in total. The molecular weight excluding hydrogens is 408 g/mol. The van der Waals surface area contributed by atoms with Gasteiger partial charge < -0.3 is 10.1 Å². The topological polar surface area (TPSA) is 88.6 Å². The second-order valence-corrected chi connectivity index (χ2v) is 7.56. The predicted molar refractivity (Wildman–Crippen MR) is 119 cm³/mol. The van der Waals surface area contributed by atoms with Gasteiger partial charge in [0.15, 0.2) is 5.69 Å². The van der Waals surface area contributed by atoms with Gasteiger partial charge in [0.25, 0.3) is 5.91 Å². The molecular formula is C24H23N4O4+. The van der Waals surface area contributed by atoms with Crippen LogP contribution in [0, 0.1) is 0 Å². The summed E-state index contributed by atoms with van der Waals surface area (Å²) in [7, 11) is 3.09. The van der Waals surface area contributed by atoms with Gasteiger partial charge in [-0.2, -0.15) is 0 Å². The first-order valence-corrected chi connectivity index (χ1v) is 10.1. The van der Waals surface area contributed by atoms with Crippen LogP contribution in [0.5, 0.6) is 5.75 Å². The van der Waals surface area contributed by atoms with E-state index in [1.807, 2.05) is 12.1 Å². The molecule has 32 heavy (non-hydrogen) atoms. The second-order valence-electron chi connectivity index (χ2n) is 7.56. The summed E-state index contributed by atoms with van der Waals surface area (Å²) >= 11 is 0. The average molecular weight is 431 g/mol. The van der Waals surface area contributed by atoms with Gasteiger partial charge in [0, 0.05) is 25.0 Å². The van der Waals surface area contributed by atoms with E-state index in [1.165, 1.54) is 7.05 Å². The molecule has 2 heterocycles. The summed E-state index contributed by atoms with van der Waals surface area (Å²) in [5, 5.41) is 2.84. The van der Waals surface area contributed by atoms with Crippen LogP contribution in [0.25, 0.3) is 0 Å². The van der Waals surface area contributed by atoms with Crippen molar-refractivity contribution in [3.8, 4) is 5.75 Å². The van der Waals surface area contributed by atoms with Crippen LogP contribution in [0.4, 0.5) is 15.3 Å². The monoisotopic (exact) mass is 431 g/mol. The number of aromatic nitrogens is 1.